The Morgan fingerprint density at radius 2 is 1.86 bits per heavy atom. The van der Waals surface area contributed by atoms with E-state index in [1.54, 1.807) is 12.5 Å². The van der Waals surface area contributed by atoms with Crippen molar-refractivity contribution in [2.75, 3.05) is 13.1 Å². The monoisotopic (exact) mass is 377 g/mol. The molecule has 0 saturated carbocycles. The van der Waals surface area contributed by atoms with E-state index in [2.05, 4.69) is 20.0 Å². The van der Waals surface area contributed by atoms with Crippen molar-refractivity contribution in [2.45, 2.75) is 26.2 Å². The summed E-state index contributed by atoms with van der Waals surface area (Å²) in [4.78, 5) is 10.7. The van der Waals surface area contributed by atoms with Crippen molar-refractivity contribution in [3.63, 3.8) is 0 Å². The average molecular weight is 377 g/mol. The SMILES string of the molecule is Cc1ccc(/C(=N/O)N2CCCCC2)c(Oc2ccc(-n3ccnc3)cc2)n1. The first-order chi connectivity index (χ1) is 13.7. The summed E-state index contributed by atoms with van der Waals surface area (Å²) < 4.78 is 8.01. The van der Waals surface area contributed by atoms with Crippen molar-refractivity contribution < 1.29 is 9.94 Å². The summed E-state index contributed by atoms with van der Waals surface area (Å²) in [6.07, 6.45) is 8.75. The zero-order chi connectivity index (χ0) is 19.3. The number of nitrogens with zero attached hydrogens (tertiary/aromatic N) is 5. The molecule has 1 N–H and O–H groups in total. The Balaban J connectivity index is 1.61. The van der Waals surface area contributed by atoms with E-state index in [1.165, 1.54) is 6.42 Å². The topological polar surface area (TPSA) is 75.8 Å². The fourth-order valence-corrected chi connectivity index (χ4v) is 3.38. The molecule has 0 aliphatic carbocycles. The number of imidazole rings is 1. The van der Waals surface area contributed by atoms with Crippen LogP contribution in [-0.4, -0.2) is 43.6 Å². The molecule has 1 aliphatic heterocycles. The van der Waals surface area contributed by atoms with E-state index >= 15 is 0 Å². The molecule has 0 bridgehead atoms. The average Bonchev–Trinajstić information content (AvgIpc) is 3.26. The molecule has 1 aromatic carbocycles. The number of ether oxygens (including phenoxy) is 1. The minimum Gasteiger partial charge on any atom is -0.438 e. The van der Waals surface area contributed by atoms with Crippen LogP contribution in [0.1, 0.15) is 30.5 Å². The minimum atomic E-state index is 0.439. The van der Waals surface area contributed by atoms with Crippen molar-refractivity contribution in [2.24, 2.45) is 5.16 Å². The van der Waals surface area contributed by atoms with Gasteiger partial charge in [0.2, 0.25) is 5.88 Å². The molecule has 3 heterocycles. The van der Waals surface area contributed by atoms with Crippen molar-refractivity contribution >= 4 is 5.84 Å². The lowest BCUT2D eigenvalue weighted by Crippen LogP contribution is -2.36. The van der Waals surface area contributed by atoms with Gasteiger partial charge in [0, 0.05) is 36.9 Å². The summed E-state index contributed by atoms with van der Waals surface area (Å²) in [7, 11) is 0. The van der Waals surface area contributed by atoms with E-state index in [9.17, 15) is 5.21 Å². The third-order valence-corrected chi connectivity index (χ3v) is 4.84. The van der Waals surface area contributed by atoms with Crippen LogP contribution in [0.25, 0.3) is 5.69 Å². The molecule has 144 valence electrons. The summed E-state index contributed by atoms with van der Waals surface area (Å²) in [5, 5.41) is 13.3. The molecule has 0 atom stereocenters. The number of amidine groups is 1. The van der Waals surface area contributed by atoms with Gasteiger partial charge < -0.3 is 19.4 Å². The molecular weight excluding hydrogens is 354 g/mol. The molecule has 28 heavy (non-hydrogen) atoms. The summed E-state index contributed by atoms with van der Waals surface area (Å²) in [5.41, 5.74) is 2.52. The highest BCUT2D eigenvalue weighted by Crippen LogP contribution is 2.27. The van der Waals surface area contributed by atoms with Crippen LogP contribution in [0, 0.1) is 6.92 Å². The van der Waals surface area contributed by atoms with Crippen LogP contribution in [-0.2, 0) is 0 Å². The second-order valence-electron chi connectivity index (χ2n) is 6.84. The van der Waals surface area contributed by atoms with Crippen LogP contribution in [0.5, 0.6) is 11.6 Å². The van der Waals surface area contributed by atoms with Gasteiger partial charge in [-0.25, -0.2) is 9.97 Å². The van der Waals surface area contributed by atoms with Gasteiger partial charge in [0.05, 0.1) is 11.9 Å². The number of oxime groups is 1. The number of hydrogen-bond donors (Lipinski definition) is 1. The van der Waals surface area contributed by atoms with Crippen molar-refractivity contribution in [1.82, 2.24) is 19.4 Å². The molecule has 3 aromatic rings. The maximum atomic E-state index is 9.69. The molecule has 4 rings (SSSR count). The fraction of sp³-hybridized carbons (Fsp3) is 0.286. The highest BCUT2D eigenvalue weighted by molar-refractivity contribution is 6.00. The standard InChI is InChI=1S/C21H23N5O2/c1-16-5-10-19(20(24-27)25-12-3-2-4-13-25)21(23-16)28-18-8-6-17(7-9-18)26-14-11-22-15-26/h5-11,14-15,27H,2-4,12-13H2,1H3/b24-20-. The van der Waals surface area contributed by atoms with Gasteiger partial charge in [0.25, 0.3) is 0 Å². The van der Waals surface area contributed by atoms with Gasteiger partial charge in [-0.1, -0.05) is 5.16 Å². The Labute approximate surface area is 163 Å². The van der Waals surface area contributed by atoms with Gasteiger partial charge in [-0.05, 0) is 62.6 Å². The molecule has 7 heteroatoms. The summed E-state index contributed by atoms with van der Waals surface area (Å²) in [6, 6.07) is 11.5. The van der Waals surface area contributed by atoms with Gasteiger partial charge in [0.1, 0.15) is 5.75 Å². The second kappa shape index (κ2) is 8.12. The lowest BCUT2D eigenvalue weighted by molar-refractivity contribution is 0.285. The smallest absolute Gasteiger partial charge is 0.230 e. The third kappa shape index (κ3) is 3.83. The molecule has 0 amide bonds. The number of hydrogen-bond acceptors (Lipinski definition) is 5. The van der Waals surface area contributed by atoms with Crippen LogP contribution in [0.4, 0.5) is 0 Å². The fourth-order valence-electron chi connectivity index (χ4n) is 3.38. The molecule has 1 saturated heterocycles. The first kappa shape index (κ1) is 18.0. The molecular formula is C21H23N5O2. The molecule has 1 fully saturated rings. The number of benzene rings is 1. The Kier molecular flexibility index (Phi) is 5.23. The van der Waals surface area contributed by atoms with Gasteiger partial charge in [-0.15, -0.1) is 0 Å². The van der Waals surface area contributed by atoms with Crippen molar-refractivity contribution in [1.29, 1.82) is 0 Å². The summed E-state index contributed by atoms with van der Waals surface area (Å²) in [6.45, 7) is 3.65. The van der Waals surface area contributed by atoms with Gasteiger partial charge in [0.15, 0.2) is 5.84 Å². The van der Waals surface area contributed by atoms with E-state index in [0.29, 0.717) is 23.0 Å². The second-order valence-corrected chi connectivity index (χ2v) is 6.84. The van der Waals surface area contributed by atoms with Crippen LogP contribution in [0.3, 0.4) is 0 Å². The first-order valence-electron chi connectivity index (χ1n) is 9.46. The van der Waals surface area contributed by atoms with Crippen molar-refractivity contribution in [3.8, 4) is 17.3 Å². The number of piperidine rings is 1. The highest BCUT2D eigenvalue weighted by Gasteiger charge is 2.22. The lowest BCUT2D eigenvalue weighted by atomic mass is 10.1. The summed E-state index contributed by atoms with van der Waals surface area (Å²) in [5.74, 6) is 1.62. The van der Waals surface area contributed by atoms with E-state index in [1.807, 2.05) is 54.1 Å². The molecule has 0 radical (unpaired) electrons. The lowest BCUT2D eigenvalue weighted by Gasteiger charge is -2.29. The van der Waals surface area contributed by atoms with Gasteiger partial charge in [-0.3, -0.25) is 0 Å². The predicted molar refractivity (Wildman–Crippen MR) is 106 cm³/mol. The Hall–Kier alpha value is -3.35. The van der Waals surface area contributed by atoms with Gasteiger partial charge >= 0.3 is 0 Å². The Bertz CT molecular complexity index is 945. The number of aromatic nitrogens is 3. The maximum Gasteiger partial charge on any atom is 0.230 e. The Morgan fingerprint density at radius 1 is 1.07 bits per heavy atom. The number of likely N-dealkylation sites (tertiary alicyclic amines) is 1. The number of rotatable bonds is 4. The number of pyridine rings is 1. The Morgan fingerprint density at radius 3 is 2.54 bits per heavy atom. The number of aryl methyl sites for hydroxylation is 1. The quantitative estimate of drug-likeness (QED) is 0.322. The predicted octanol–water partition coefficient (Wildman–Crippen LogP) is 3.99. The molecule has 0 spiro atoms. The molecule has 7 nitrogen and oxygen atoms in total. The van der Waals surface area contributed by atoms with E-state index in [4.69, 9.17) is 4.74 Å². The van der Waals surface area contributed by atoms with Crippen LogP contribution < -0.4 is 4.74 Å². The van der Waals surface area contributed by atoms with Crippen molar-refractivity contribution in [3.05, 3.63) is 66.4 Å². The highest BCUT2D eigenvalue weighted by atomic mass is 16.5. The van der Waals surface area contributed by atoms with Crippen LogP contribution in [0.2, 0.25) is 0 Å². The molecule has 0 unspecified atom stereocenters. The molecule has 1 aliphatic rings. The molecule has 2 aromatic heterocycles. The zero-order valence-corrected chi connectivity index (χ0v) is 15.8. The van der Waals surface area contributed by atoms with E-state index in [0.717, 1.165) is 37.3 Å². The normalized spacial score (nSPS) is 14.9. The van der Waals surface area contributed by atoms with Crippen LogP contribution in [0.15, 0.2) is 60.3 Å². The maximum absolute atomic E-state index is 9.69. The first-order valence-corrected chi connectivity index (χ1v) is 9.46. The minimum absolute atomic E-state index is 0.439. The largest absolute Gasteiger partial charge is 0.438 e. The third-order valence-electron chi connectivity index (χ3n) is 4.84. The van der Waals surface area contributed by atoms with E-state index < -0.39 is 0 Å². The van der Waals surface area contributed by atoms with Crippen LogP contribution >= 0.6 is 0 Å². The van der Waals surface area contributed by atoms with E-state index in [-0.39, 0.29) is 0 Å². The zero-order valence-electron chi connectivity index (χ0n) is 15.8. The van der Waals surface area contributed by atoms with Gasteiger partial charge in [-0.2, -0.15) is 0 Å². The summed E-state index contributed by atoms with van der Waals surface area (Å²) >= 11 is 0.